The fraction of sp³-hybridized carbons (Fsp3) is 0. The molecular formula is C3H3N3Sn. The second kappa shape index (κ2) is 2.20. The second-order valence-corrected chi connectivity index (χ2v) is 2.47. The molecule has 0 bridgehead atoms. The minimum absolute atomic E-state index is 0.889. The normalized spacial score (nSPS) is 8.71. The molecule has 0 spiro atoms. The first kappa shape index (κ1) is 4.96. The van der Waals surface area contributed by atoms with Gasteiger partial charge in [-0.15, -0.1) is 0 Å². The van der Waals surface area contributed by atoms with Crippen LogP contribution in [0.15, 0.2) is 12.7 Å². The van der Waals surface area contributed by atoms with Crippen LogP contribution in [0.1, 0.15) is 0 Å². The molecule has 0 unspecified atom stereocenters. The van der Waals surface area contributed by atoms with E-state index < -0.39 is 0 Å². The van der Waals surface area contributed by atoms with Crippen LogP contribution < -0.4 is 3.84 Å². The molecule has 0 saturated carbocycles. The molecule has 0 aromatic carbocycles. The van der Waals surface area contributed by atoms with E-state index in [0.717, 1.165) is 26.4 Å². The quantitative estimate of drug-likeness (QED) is 0.473. The Kier molecular flexibility index (Phi) is 1.56. The Labute approximate surface area is 54.3 Å². The van der Waals surface area contributed by atoms with Crippen LogP contribution in [0.5, 0.6) is 0 Å². The second-order valence-electron chi connectivity index (χ2n) is 0.996. The molecule has 7 heavy (non-hydrogen) atoms. The first-order valence-corrected chi connectivity index (χ1v) is 3.42. The molecule has 0 fully saturated rings. The summed E-state index contributed by atoms with van der Waals surface area (Å²) in [6.45, 7) is 0. The third-order valence-corrected chi connectivity index (χ3v) is 1.36. The molecule has 34 valence electrons. The van der Waals surface area contributed by atoms with Gasteiger partial charge in [0.15, 0.2) is 0 Å². The predicted octanol–water partition coefficient (Wildman–Crippen LogP) is -1.60. The van der Waals surface area contributed by atoms with Gasteiger partial charge in [0.1, 0.15) is 0 Å². The standard InChI is InChI=1S/C3H2N3.Sn.H/c1-4-2-6-3-5-1;;/h1-2H;;. The van der Waals surface area contributed by atoms with E-state index in [1.54, 1.807) is 0 Å². The molecule has 1 heterocycles. The first-order chi connectivity index (χ1) is 3.39. The molecule has 2 radical (unpaired) electrons. The maximum atomic E-state index is 3.81. The Morgan fingerprint density at radius 2 is 1.86 bits per heavy atom. The maximum absolute atomic E-state index is 3.81. The van der Waals surface area contributed by atoms with Crippen molar-refractivity contribution in [2.45, 2.75) is 0 Å². The van der Waals surface area contributed by atoms with Crippen LogP contribution in [0.25, 0.3) is 0 Å². The molecule has 4 heteroatoms. The van der Waals surface area contributed by atoms with Crippen molar-refractivity contribution in [2.24, 2.45) is 0 Å². The number of aromatic nitrogens is 3. The molecule has 3 nitrogen and oxygen atoms in total. The van der Waals surface area contributed by atoms with Crippen LogP contribution in [0.2, 0.25) is 0 Å². The number of nitrogens with zero attached hydrogens (tertiary/aromatic N) is 3. The summed E-state index contributed by atoms with van der Waals surface area (Å²) in [5.74, 6) is 0. The molecule has 0 aliphatic heterocycles. The molecule has 0 saturated heterocycles. The summed E-state index contributed by atoms with van der Waals surface area (Å²) in [5, 5.41) is 0. The topological polar surface area (TPSA) is 38.7 Å². The molecule has 0 atom stereocenters. The van der Waals surface area contributed by atoms with Crippen LogP contribution in [-0.2, 0) is 0 Å². The molecule has 1 aromatic heterocycles. The van der Waals surface area contributed by atoms with Crippen molar-refractivity contribution in [1.82, 2.24) is 15.0 Å². The van der Waals surface area contributed by atoms with Gasteiger partial charge < -0.3 is 0 Å². The van der Waals surface area contributed by atoms with Gasteiger partial charge in [0.05, 0.1) is 0 Å². The molecule has 0 N–H and O–H groups in total. The van der Waals surface area contributed by atoms with Crippen molar-refractivity contribution < 1.29 is 0 Å². The average Bonchev–Trinajstić information content (AvgIpc) is 1.69. The Balaban J connectivity index is 3.02. The van der Waals surface area contributed by atoms with Gasteiger partial charge in [-0.3, -0.25) is 0 Å². The minimum atomic E-state index is 0.889. The van der Waals surface area contributed by atoms with E-state index in [1.807, 2.05) is 0 Å². The zero-order valence-corrected chi connectivity index (χ0v) is 6.87. The fourth-order valence-corrected chi connectivity index (χ4v) is 0.629. The van der Waals surface area contributed by atoms with Crippen LogP contribution in [0, 0.1) is 0 Å². The van der Waals surface area contributed by atoms with Crippen molar-refractivity contribution in [3.05, 3.63) is 12.7 Å². The summed E-state index contributed by atoms with van der Waals surface area (Å²) < 4.78 is 0.889. The van der Waals surface area contributed by atoms with E-state index >= 15 is 0 Å². The van der Waals surface area contributed by atoms with E-state index in [0.29, 0.717) is 0 Å². The molecule has 0 amide bonds. The van der Waals surface area contributed by atoms with Crippen molar-refractivity contribution >= 4 is 26.4 Å². The van der Waals surface area contributed by atoms with Crippen molar-refractivity contribution in [3.8, 4) is 0 Å². The molecular weight excluding hydrogens is 197 g/mol. The Bertz CT molecular complexity index is 140. The average molecular weight is 200 g/mol. The summed E-state index contributed by atoms with van der Waals surface area (Å²) in [6, 6.07) is 0. The fourth-order valence-electron chi connectivity index (χ4n) is 0.248. The van der Waals surface area contributed by atoms with Gasteiger partial charge in [0, 0.05) is 0 Å². The van der Waals surface area contributed by atoms with E-state index in [4.69, 9.17) is 0 Å². The van der Waals surface area contributed by atoms with E-state index in [2.05, 4.69) is 15.0 Å². The zero-order chi connectivity index (χ0) is 5.11. The summed E-state index contributed by atoms with van der Waals surface area (Å²) in [5.41, 5.74) is 0. The molecule has 0 aliphatic carbocycles. The number of hydrogen-bond donors (Lipinski definition) is 0. The first-order valence-electron chi connectivity index (χ1n) is 1.77. The number of hydrogen-bond acceptors (Lipinski definition) is 3. The third-order valence-electron chi connectivity index (χ3n) is 0.513. The van der Waals surface area contributed by atoms with Gasteiger partial charge >= 0.3 is 54.0 Å². The van der Waals surface area contributed by atoms with Crippen LogP contribution >= 0.6 is 0 Å². The molecule has 1 aromatic rings. The van der Waals surface area contributed by atoms with E-state index in [1.165, 1.54) is 12.7 Å². The molecule has 0 aliphatic rings. The van der Waals surface area contributed by atoms with Gasteiger partial charge in [0.2, 0.25) is 0 Å². The zero-order valence-electron chi connectivity index (χ0n) is 3.57. The summed E-state index contributed by atoms with van der Waals surface area (Å²) >= 11 is 0.970. The van der Waals surface area contributed by atoms with Crippen molar-refractivity contribution in [3.63, 3.8) is 0 Å². The number of rotatable bonds is 0. The summed E-state index contributed by atoms with van der Waals surface area (Å²) in [4.78, 5) is 11.3. The van der Waals surface area contributed by atoms with Gasteiger partial charge in [0.25, 0.3) is 0 Å². The van der Waals surface area contributed by atoms with Gasteiger partial charge in [-0.1, -0.05) is 0 Å². The van der Waals surface area contributed by atoms with Crippen molar-refractivity contribution in [1.29, 1.82) is 0 Å². The third kappa shape index (κ3) is 1.38. The Morgan fingerprint density at radius 3 is 2.14 bits per heavy atom. The summed E-state index contributed by atoms with van der Waals surface area (Å²) in [6.07, 6.45) is 3.01. The molecule has 1 rings (SSSR count). The van der Waals surface area contributed by atoms with Crippen LogP contribution in [0.4, 0.5) is 0 Å². The van der Waals surface area contributed by atoms with Crippen molar-refractivity contribution in [2.75, 3.05) is 0 Å². The summed E-state index contributed by atoms with van der Waals surface area (Å²) in [7, 11) is 0. The van der Waals surface area contributed by atoms with Gasteiger partial charge in [-0.2, -0.15) is 0 Å². The van der Waals surface area contributed by atoms with E-state index in [9.17, 15) is 0 Å². The Hall–Kier alpha value is -0.191. The Morgan fingerprint density at radius 1 is 1.29 bits per heavy atom. The van der Waals surface area contributed by atoms with Gasteiger partial charge in [-0.25, -0.2) is 0 Å². The predicted molar refractivity (Wildman–Crippen MR) is 26.6 cm³/mol. The van der Waals surface area contributed by atoms with Gasteiger partial charge in [-0.05, 0) is 0 Å². The SMILES string of the molecule is [SnH][c]1ncncn1. The van der Waals surface area contributed by atoms with E-state index in [-0.39, 0.29) is 0 Å². The monoisotopic (exact) mass is 201 g/mol. The van der Waals surface area contributed by atoms with Crippen LogP contribution in [0.3, 0.4) is 0 Å². The van der Waals surface area contributed by atoms with Crippen LogP contribution in [-0.4, -0.2) is 37.5 Å².